The van der Waals surface area contributed by atoms with Gasteiger partial charge in [-0.1, -0.05) is 48.1 Å². The summed E-state index contributed by atoms with van der Waals surface area (Å²) >= 11 is 18.3. The average Bonchev–Trinajstić information content (AvgIpc) is 2.96. The third kappa shape index (κ3) is 3.51. The van der Waals surface area contributed by atoms with Crippen LogP contribution in [-0.4, -0.2) is 22.2 Å². The number of benzene rings is 1. The van der Waals surface area contributed by atoms with E-state index in [1.807, 2.05) is 6.92 Å². The van der Waals surface area contributed by atoms with Crippen molar-refractivity contribution in [2.45, 2.75) is 26.7 Å². The van der Waals surface area contributed by atoms with Crippen LogP contribution < -0.4 is 4.90 Å². The molecule has 24 heavy (non-hydrogen) atoms. The van der Waals surface area contributed by atoms with Crippen LogP contribution in [0.1, 0.15) is 32.3 Å². The van der Waals surface area contributed by atoms with Crippen LogP contribution in [0.25, 0.3) is 5.69 Å². The summed E-state index contributed by atoms with van der Waals surface area (Å²) in [4.78, 5) is 13.6. The van der Waals surface area contributed by atoms with Crippen molar-refractivity contribution in [3.8, 4) is 11.8 Å². The van der Waals surface area contributed by atoms with E-state index in [9.17, 15) is 10.1 Å². The first-order valence-corrected chi connectivity index (χ1v) is 8.45. The second kappa shape index (κ2) is 7.89. The summed E-state index contributed by atoms with van der Waals surface area (Å²) in [6, 6.07) is 5.30. The lowest BCUT2D eigenvalue weighted by atomic mass is 10.2. The Hall–Kier alpha value is -1.74. The second-order valence-electron chi connectivity index (χ2n) is 5.12. The number of hydrogen-bond acceptors (Lipinski definition) is 3. The van der Waals surface area contributed by atoms with E-state index in [1.165, 1.54) is 22.7 Å². The van der Waals surface area contributed by atoms with Crippen LogP contribution in [0.3, 0.4) is 0 Å². The number of nitriles is 1. The molecule has 0 aliphatic carbocycles. The molecule has 1 aromatic carbocycles. The standard InChI is InChI=1S/C16H15Cl3N4O/c1-3-4-7-22(10(2)24)16-11(8-20)9-21-23(16)13-6-5-12(17)14(18)15(13)19/h5-6,9H,3-4,7H2,1-2H3. The van der Waals surface area contributed by atoms with Crippen molar-refractivity contribution in [1.82, 2.24) is 9.78 Å². The summed E-state index contributed by atoms with van der Waals surface area (Å²) in [6.07, 6.45) is 3.11. The number of nitrogens with zero attached hydrogens (tertiary/aromatic N) is 4. The number of unbranched alkanes of at least 4 members (excludes halogenated alkanes) is 1. The van der Waals surface area contributed by atoms with Crippen molar-refractivity contribution >= 4 is 46.5 Å². The molecule has 0 fully saturated rings. The van der Waals surface area contributed by atoms with Gasteiger partial charge in [0.25, 0.3) is 0 Å². The molecule has 0 saturated heterocycles. The molecule has 8 heteroatoms. The Balaban J connectivity index is 2.65. The van der Waals surface area contributed by atoms with Crippen LogP contribution in [0.15, 0.2) is 18.3 Å². The van der Waals surface area contributed by atoms with Gasteiger partial charge >= 0.3 is 0 Å². The lowest BCUT2D eigenvalue weighted by Gasteiger charge is -2.23. The topological polar surface area (TPSA) is 61.9 Å². The van der Waals surface area contributed by atoms with Gasteiger partial charge in [-0.3, -0.25) is 9.69 Å². The smallest absolute Gasteiger partial charge is 0.225 e. The van der Waals surface area contributed by atoms with E-state index in [4.69, 9.17) is 34.8 Å². The maximum absolute atomic E-state index is 12.1. The third-order valence-corrected chi connectivity index (χ3v) is 4.76. The number of rotatable bonds is 5. The monoisotopic (exact) mass is 384 g/mol. The second-order valence-corrected chi connectivity index (χ2v) is 6.29. The Morgan fingerprint density at radius 1 is 1.33 bits per heavy atom. The number of carbonyl (C=O) groups is 1. The zero-order chi connectivity index (χ0) is 17.9. The van der Waals surface area contributed by atoms with E-state index in [1.54, 1.807) is 12.1 Å². The van der Waals surface area contributed by atoms with Crippen LogP contribution in [0.4, 0.5) is 5.82 Å². The minimum absolute atomic E-state index is 0.183. The number of hydrogen-bond donors (Lipinski definition) is 0. The first-order chi connectivity index (χ1) is 11.4. The number of halogens is 3. The Kier molecular flexibility index (Phi) is 6.11. The summed E-state index contributed by atoms with van der Waals surface area (Å²) in [5.74, 6) is 0.191. The normalized spacial score (nSPS) is 10.5. The van der Waals surface area contributed by atoms with Crippen molar-refractivity contribution < 1.29 is 4.79 Å². The molecule has 2 aromatic rings. The van der Waals surface area contributed by atoms with Crippen molar-refractivity contribution in [2.24, 2.45) is 0 Å². The largest absolute Gasteiger partial charge is 0.296 e. The van der Waals surface area contributed by atoms with Gasteiger partial charge in [-0.15, -0.1) is 0 Å². The van der Waals surface area contributed by atoms with Crippen LogP contribution in [0, 0.1) is 11.3 Å². The quantitative estimate of drug-likeness (QED) is 0.691. The van der Waals surface area contributed by atoms with Crippen LogP contribution in [0.2, 0.25) is 15.1 Å². The molecule has 1 heterocycles. The molecule has 0 unspecified atom stereocenters. The van der Waals surface area contributed by atoms with Crippen LogP contribution in [0.5, 0.6) is 0 Å². The van der Waals surface area contributed by atoms with Crippen LogP contribution >= 0.6 is 34.8 Å². The maximum Gasteiger partial charge on any atom is 0.225 e. The van der Waals surface area contributed by atoms with Crippen molar-refractivity contribution in [2.75, 3.05) is 11.4 Å². The first kappa shape index (κ1) is 18.6. The average molecular weight is 386 g/mol. The molecular weight excluding hydrogens is 371 g/mol. The van der Waals surface area contributed by atoms with Gasteiger partial charge in [-0.2, -0.15) is 10.4 Å². The predicted octanol–water partition coefficient (Wildman–Crippen LogP) is 4.86. The molecule has 0 spiro atoms. The molecule has 5 nitrogen and oxygen atoms in total. The van der Waals surface area contributed by atoms with Gasteiger partial charge in [0.2, 0.25) is 5.91 Å². The highest BCUT2D eigenvalue weighted by atomic mass is 35.5. The fourth-order valence-electron chi connectivity index (χ4n) is 2.26. The van der Waals surface area contributed by atoms with Gasteiger partial charge in [0.15, 0.2) is 5.82 Å². The van der Waals surface area contributed by atoms with E-state index in [-0.39, 0.29) is 21.5 Å². The molecule has 0 N–H and O–H groups in total. The molecule has 0 bridgehead atoms. The van der Waals surface area contributed by atoms with Gasteiger partial charge in [0.05, 0.1) is 27.0 Å². The van der Waals surface area contributed by atoms with Gasteiger partial charge in [-0.25, -0.2) is 4.68 Å². The molecule has 0 radical (unpaired) electrons. The van der Waals surface area contributed by atoms with E-state index in [2.05, 4.69) is 11.2 Å². The summed E-state index contributed by atoms with van der Waals surface area (Å²) in [5.41, 5.74) is 0.730. The van der Waals surface area contributed by atoms with E-state index in [0.29, 0.717) is 23.1 Å². The van der Waals surface area contributed by atoms with Crippen LogP contribution in [-0.2, 0) is 4.79 Å². The SMILES string of the molecule is CCCCN(C(C)=O)c1c(C#N)cnn1-c1ccc(Cl)c(Cl)c1Cl. The Bertz CT molecular complexity index is 810. The summed E-state index contributed by atoms with van der Waals surface area (Å²) < 4.78 is 1.44. The highest BCUT2D eigenvalue weighted by Gasteiger charge is 2.23. The molecule has 0 aliphatic heterocycles. The van der Waals surface area contributed by atoms with Crippen molar-refractivity contribution in [3.05, 3.63) is 39.0 Å². The number of aromatic nitrogens is 2. The van der Waals surface area contributed by atoms with Crippen molar-refractivity contribution in [1.29, 1.82) is 5.26 Å². The Morgan fingerprint density at radius 3 is 2.62 bits per heavy atom. The van der Waals surface area contributed by atoms with Gasteiger partial charge in [0.1, 0.15) is 11.6 Å². The summed E-state index contributed by atoms with van der Waals surface area (Å²) in [7, 11) is 0. The number of anilines is 1. The lowest BCUT2D eigenvalue weighted by molar-refractivity contribution is -0.116. The molecule has 0 aliphatic rings. The molecule has 1 aromatic heterocycles. The molecule has 2 rings (SSSR count). The predicted molar refractivity (Wildman–Crippen MR) is 96.2 cm³/mol. The number of amides is 1. The minimum Gasteiger partial charge on any atom is -0.296 e. The zero-order valence-corrected chi connectivity index (χ0v) is 15.5. The summed E-state index contributed by atoms with van der Waals surface area (Å²) in [6.45, 7) is 3.95. The highest BCUT2D eigenvalue weighted by Crippen LogP contribution is 2.36. The first-order valence-electron chi connectivity index (χ1n) is 7.32. The fraction of sp³-hybridized carbons (Fsp3) is 0.312. The van der Waals surface area contributed by atoms with E-state index >= 15 is 0 Å². The Morgan fingerprint density at radius 2 is 2.04 bits per heavy atom. The van der Waals surface area contributed by atoms with Gasteiger partial charge < -0.3 is 0 Å². The molecule has 0 saturated carbocycles. The highest BCUT2D eigenvalue weighted by molar-refractivity contribution is 6.48. The fourth-order valence-corrected chi connectivity index (χ4v) is 2.88. The summed E-state index contributed by atoms with van der Waals surface area (Å²) in [5, 5.41) is 14.3. The van der Waals surface area contributed by atoms with E-state index < -0.39 is 0 Å². The molecular formula is C16H15Cl3N4O. The Labute approximate surface area is 155 Å². The third-order valence-electron chi connectivity index (χ3n) is 3.48. The zero-order valence-electron chi connectivity index (χ0n) is 13.2. The molecule has 126 valence electrons. The van der Waals surface area contributed by atoms with E-state index in [0.717, 1.165) is 12.8 Å². The van der Waals surface area contributed by atoms with Crippen molar-refractivity contribution in [3.63, 3.8) is 0 Å². The van der Waals surface area contributed by atoms with Gasteiger partial charge in [-0.05, 0) is 18.6 Å². The molecule has 1 amide bonds. The maximum atomic E-state index is 12.1. The number of carbonyl (C=O) groups excluding carboxylic acids is 1. The molecule has 0 atom stereocenters. The van der Waals surface area contributed by atoms with Gasteiger partial charge in [0, 0.05) is 13.5 Å². The lowest BCUT2D eigenvalue weighted by Crippen LogP contribution is -2.32. The minimum atomic E-state index is -0.183.